The van der Waals surface area contributed by atoms with Crippen molar-refractivity contribution in [3.8, 4) is 0 Å². The molecule has 0 radical (unpaired) electrons. The van der Waals surface area contributed by atoms with E-state index in [-0.39, 0.29) is 6.54 Å². The Morgan fingerprint density at radius 2 is 2.24 bits per heavy atom. The monoisotopic (exact) mass is 307 g/mol. The second-order valence-corrected chi connectivity index (χ2v) is 6.70. The molecule has 1 aromatic carbocycles. The number of aromatic amines is 1. The lowest BCUT2D eigenvalue weighted by Crippen LogP contribution is -2.26. The fourth-order valence-corrected chi connectivity index (χ4v) is 3.44. The number of H-pyrrole nitrogens is 1. The lowest BCUT2D eigenvalue weighted by Gasteiger charge is -2.18. The summed E-state index contributed by atoms with van der Waals surface area (Å²) in [6.07, 6.45) is 3.81. The van der Waals surface area contributed by atoms with Crippen LogP contribution in [0.4, 0.5) is 5.69 Å². The van der Waals surface area contributed by atoms with Gasteiger partial charge in [-0.3, -0.25) is 5.10 Å². The van der Waals surface area contributed by atoms with Gasteiger partial charge >= 0.3 is 0 Å². The fourth-order valence-electron chi connectivity index (χ4n) is 2.36. The van der Waals surface area contributed by atoms with Crippen molar-refractivity contribution < 1.29 is 8.42 Å². The molecular weight excluding hydrogens is 290 g/mol. The third kappa shape index (κ3) is 3.22. The molecule has 7 nitrogen and oxygen atoms in total. The summed E-state index contributed by atoms with van der Waals surface area (Å²) in [6.45, 7) is 1.22. The molecule has 0 atom stereocenters. The highest BCUT2D eigenvalue weighted by molar-refractivity contribution is 7.89. The van der Waals surface area contributed by atoms with Gasteiger partial charge in [0.05, 0.1) is 4.90 Å². The number of nitrogens with one attached hydrogen (secondary N) is 3. The van der Waals surface area contributed by atoms with Crippen LogP contribution in [0.25, 0.3) is 0 Å². The van der Waals surface area contributed by atoms with Crippen molar-refractivity contribution in [3.05, 3.63) is 35.9 Å². The largest absolute Gasteiger partial charge is 0.385 e. The Bertz CT molecular complexity index is 712. The number of hydrogen-bond acceptors (Lipinski definition) is 5. The highest BCUT2D eigenvalue weighted by Crippen LogP contribution is 2.24. The molecule has 21 heavy (non-hydrogen) atoms. The molecule has 112 valence electrons. The minimum absolute atomic E-state index is 0.285. The van der Waals surface area contributed by atoms with Gasteiger partial charge in [0.15, 0.2) is 0 Å². The third-order valence-corrected chi connectivity index (χ3v) is 4.90. The van der Waals surface area contributed by atoms with Gasteiger partial charge < -0.3 is 5.32 Å². The molecule has 0 unspecified atom stereocenters. The number of sulfonamides is 1. The molecule has 1 aliphatic heterocycles. The molecule has 0 saturated heterocycles. The first-order valence-electron chi connectivity index (χ1n) is 6.86. The summed E-state index contributed by atoms with van der Waals surface area (Å²) in [5.41, 5.74) is 2.08. The molecule has 1 aliphatic rings. The Labute approximate surface area is 123 Å². The highest BCUT2D eigenvalue weighted by Gasteiger charge is 2.17. The number of nitrogens with zero attached hydrogens (tertiary/aromatic N) is 2. The molecule has 0 spiro atoms. The van der Waals surface area contributed by atoms with Gasteiger partial charge in [-0.05, 0) is 36.6 Å². The van der Waals surface area contributed by atoms with E-state index in [1.54, 1.807) is 12.1 Å². The maximum absolute atomic E-state index is 12.3. The minimum Gasteiger partial charge on any atom is -0.385 e. The van der Waals surface area contributed by atoms with E-state index in [0.29, 0.717) is 17.1 Å². The first-order valence-corrected chi connectivity index (χ1v) is 8.34. The molecule has 0 fully saturated rings. The molecular formula is C13H17N5O2S. The number of hydrogen-bond donors (Lipinski definition) is 3. The molecule has 0 aliphatic carbocycles. The normalized spacial score (nSPS) is 14.5. The van der Waals surface area contributed by atoms with Crippen molar-refractivity contribution in [3.63, 3.8) is 0 Å². The summed E-state index contributed by atoms with van der Waals surface area (Å²) < 4.78 is 27.1. The summed E-state index contributed by atoms with van der Waals surface area (Å²) in [5.74, 6) is 0.660. The van der Waals surface area contributed by atoms with Crippen LogP contribution in [0, 0.1) is 0 Å². The Kier molecular flexibility index (Phi) is 3.89. The maximum atomic E-state index is 12.3. The van der Waals surface area contributed by atoms with Crippen LogP contribution in [0.1, 0.15) is 17.8 Å². The minimum atomic E-state index is -3.49. The summed E-state index contributed by atoms with van der Waals surface area (Å²) in [4.78, 5) is 4.26. The van der Waals surface area contributed by atoms with Crippen molar-refractivity contribution in [2.24, 2.45) is 0 Å². The number of fused-ring (bicyclic) bond motifs is 1. The lowest BCUT2D eigenvalue weighted by atomic mass is 10.0. The van der Waals surface area contributed by atoms with Crippen LogP contribution in [-0.2, 0) is 22.9 Å². The molecule has 2 aromatic rings. The van der Waals surface area contributed by atoms with Gasteiger partial charge in [-0.2, -0.15) is 5.10 Å². The molecule has 3 N–H and O–H groups in total. The summed E-state index contributed by atoms with van der Waals surface area (Å²) in [5, 5.41) is 9.69. The number of anilines is 1. The van der Waals surface area contributed by atoms with Gasteiger partial charge in [0.25, 0.3) is 0 Å². The van der Waals surface area contributed by atoms with E-state index in [4.69, 9.17) is 0 Å². The zero-order chi connectivity index (χ0) is 14.7. The standard InChI is InChI=1S/C13H17N5O2S/c19-21(20,17-7-5-13-15-9-16-18-13)11-3-4-12-10(8-11)2-1-6-14-12/h3-4,8-9,14,17H,1-2,5-7H2,(H,15,16,18). The van der Waals surface area contributed by atoms with Crippen molar-refractivity contribution in [2.75, 3.05) is 18.4 Å². The third-order valence-electron chi connectivity index (χ3n) is 3.44. The molecule has 2 heterocycles. The fraction of sp³-hybridized carbons (Fsp3) is 0.385. The Morgan fingerprint density at radius 3 is 3.05 bits per heavy atom. The zero-order valence-electron chi connectivity index (χ0n) is 11.5. The summed E-state index contributed by atoms with van der Waals surface area (Å²) in [6, 6.07) is 5.21. The topological polar surface area (TPSA) is 99.8 Å². The van der Waals surface area contributed by atoms with Crippen molar-refractivity contribution >= 4 is 15.7 Å². The zero-order valence-corrected chi connectivity index (χ0v) is 12.3. The van der Waals surface area contributed by atoms with Gasteiger partial charge in [-0.1, -0.05) is 0 Å². The van der Waals surface area contributed by atoms with Gasteiger partial charge in [-0.15, -0.1) is 0 Å². The van der Waals surface area contributed by atoms with E-state index in [9.17, 15) is 8.42 Å². The van der Waals surface area contributed by atoms with Crippen LogP contribution in [0.5, 0.6) is 0 Å². The van der Waals surface area contributed by atoms with Crippen LogP contribution in [-0.4, -0.2) is 36.7 Å². The highest BCUT2D eigenvalue weighted by atomic mass is 32.2. The Hall–Kier alpha value is -1.93. The van der Waals surface area contributed by atoms with E-state index in [1.807, 2.05) is 6.07 Å². The number of aromatic nitrogens is 3. The second kappa shape index (κ2) is 5.82. The molecule has 0 amide bonds. The first kappa shape index (κ1) is 14.0. The first-order chi connectivity index (χ1) is 10.1. The van der Waals surface area contributed by atoms with Gasteiger partial charge in [0.1, 0.15) is 12.2 Å². The SMILES string of the molecule is O=S(=O)(NCCc1ncn[nH]1)c1ccc2c(c1)CCCN2. The molecule has 1 aromatic heterocycles. The van der Waals surface area contributed by atoms with Crippen LogP contribution < -0.4 is 10.0 Å². The Morgan fingerprint density at radius 1 is 1.33 bits per heavy atom. The average molecular weight is 307 g/mol. The lowest BCUT2D eigenvalue weighted by molar-refractivity contribution is 0.580. The van der Waals surface area contributed by atoms with E-state index in [0.717, 1.165) is 30.6 Å². The van der Waals surface area contributed by atoms with E-state index >= 15 is 0 Å². The number of aryl methyl sites for hydroxylation is 1. The molecule has 0 bridgehead atoms. The molecule has 8 heteroatoms. The molecule has 3 rings (SSSR count). The maximum Gasteiger partial charge on any atom is 0.240 e. The predicted octanol–water partition coefficient (Wildman–Crippen LogP) is 0.684. The summed E-state index contributed by atoms with van der Waals surface area (Å²) >= 11 is 0. The van der Waals surface area contributed by atoms with Crippen molar-refractivity contribution in [1.29, 1.82) is 0 Å². The van der Waals surface area contributed by atoms with E-state index < -0.39 is 10.0 Å². The van der Waals surface area contributed by atoms with E-state index in [2.05, 4.69) is 25.2 Å². The second-order valence-electron chi connectivity index (χ2n) is 4.93. The Balaban J connectivity index is 1.69. The average Bonchev–Trinajstić information content (AvgIpc) is 3.00. The number of benzene rings is 1. The number of rotatable bonds is 5. The molecule has 0 saturated carbocycles. The van der Waals surface area contributed by atoms with Crippen molar-refractivity contribution in [1.82, 2.24) is 19.9 Å². The van der Waals surface area contributed by atoms with Crippen LogP contribution >= 0.6 is 0 Å². The smallest absolute Gasteiger partial charge is 0.240 e. The van der Waals surface area contributed by atoms with Crippen LogP contribution in [0.3, 0.4) is 0 Å². The van der Waals surface area contributed by atoms with Gasteiger partial charge in [-0.25, -0.2) is 18.1 Å². The van der Waals surface area contributed by atoms with Gasteiger partial charge in [0, 0.05) is 25.2 Å². The van der Waals surface area contributed by atoms with E-state index in [1.165, 1.54) is 6.33 Å². The van der Waals surface area contributed by atoms with Gasteiger partial charge in [0.2, 0.25) is 10.0 Å². The van der Waals surface area contributed by atoms with Crippen LogP contribution in [0.15, 0.2) is 29.4 Å². The summed E-state index contributed by atoms with van der Waals surface area (Å²) in [7, 11) is -3.49. The van der Waals surface area contributed by atoms with Crippen molar-refractivity contribution in [2.45, 2.75) is 24.2 Å². The quantitative estimate of drug-likeness (QED) is 0.754. The van der Waals surface area contributed by atoms with Crippen LogP contribution in [0.2, 0.25) is 0 Å². The predicted molar refractivity (Wildman–Crippen MR) is 78.5 cm³/mol.